The van der Waals surface area contributed by atoms with Crippen molar-refractivity contribution < 1.29 is 9.59 Å². The van der Waals surface area contributed by atoms with E-state index in [1.807, 2.05) is 22.4 Å². The lowest BCUT2D eigenvalue weighted by Crippen LogP contribution is -2.36. The maximum atomic E-state index is 12.4. The summed E-state index contributed by atoms with van der Waals surface area (Å²) < 4.78 is 0. The largest absolute Gasteiger partial charge is 0.338 e. The van der Waals surface area contributed by atoms with Gasteiger partial charge >= 0.3 is 0 Å². The minimum Gasteiger partial charge on any atom is -0.338 e. The van der Waals surface area contributed by atoms with Gasteiger partial charge in [0.15, 0.2) is 5.13 Å². The molecule has 2 heterocycles. The van der Waals surface area contributed by atoms with Gasteiger partial charge in [0, 0.05) is 25.4 Å². The molecule has 0 fully saturated rings. The molecule has 5 nitrogen and oxygen atoms in total. The minimum atomic E-state index is -0.153. The molecule has 0 spiro atoms. The molecule has 22 heavy (non-hydrogen) atoms. The van der Waals surface area contributed by atoms with E-state index in [0.29, 0.717) is 17.4 Å². The van der Waals surface area contributed by atoms with Crippen molar-refractivity contribution in [2.45, 2.75) is 26.3 Å². The number of thiazole rings is 1. The zero-order valence-corrected chi connectivity index (χ0v) is 13.2. The van der Waals surface area contributed by atoms with Crippen molar-refractivity contribution in [3.8, 4) is 0 Å². The molecule has 2 amide bonds. The van der Waals surface area contributed by atoms with Crippen LogP contribution in [0.15, 0.2) is 29.6 Å². The van der Waals surface area contributed by atoms with Crippen LogP contribution in [0.4, 0.5) is 5.13 Å². The fraction of sp³-hybridized carbons (Fsp3) is 0.312. The molecular weight excluding hydrogens is 298 g/mol. The normalized spacial score (nSPS) is 13.6. The van der Waals surface area contributed by atoms with Crippen LogP contribution in [0.5, 0.6) is 0 Å². The number of hydrogen-bond acceptors (Lipinski definition) is 4. The second-order valence-electron chi connectivity index (χ2n) is 5.34. The molecule has 1 aromatic carbocycles. The lowest BCUT2D eigenvalue weighted by Gasteiger charge is -2.28. The van der Waals surface area contributed by atoms with Gasteiger partial charge in [0.1, 0.15) is 0 Å². The van der Waals surface area contributed by atoms with Gasteiger partial charge in [0.05, 0.1) is 12.1 Å². The van der Waals surface area contributed by atoms with Crippen LogP contribution in [0.25, 0.3) is 0 Å². The lowest BCUT2D eigenvalue weighted by atomic mass is 10.00. The smallest absolute Gasteiger partial charge is 0.228 e. The topological polar surface area (TPSA) is 62.3 Å². The van der Waals surface area contributed by atoms with Crippen molar-refractivity contribution in [1.82, 2.24) is 9.88 Å². The molecule has 0 aliphatic carbocycles. The molecule has 0 radical (unpaired) electrons. The Balaban J connectivity index is 1.63. The Morgan fingerprint density at radius 2 is 2.09 bits per heavy atom. The van der Waals surface area contributed by atoms with Crippen molar-refractivity contribution in [3.63, 3.8) is 0 Å². The molecule has 3 rings (SSSR count). The summed E-state index contributed by atoms with van der Waals surface area (Å²) in [5.74, 6) is -0.0750. The number of carbonyl (C=O) groups excluding carboxylic acids is 2. The van der Waals surface area contributed by atoms with Gasteiger partial charge in [-0.1, -0.05) is 24.3 Å². The molecule has 0 unspecified atom stereocenters. The third kappa shape index (κ3) is 3.33. The fourth-order valence-corrected chi connectivity index (χ4v) is 3.33. The van der Waals surface area contributed by atoms with Gasteiger partial charge in [-0.15, -0.1) is 11.3 Å². The van der Waals surface area contributed by atoms with Crippen molar-refractivity contribution in [2.24, 2.45) is 0 Å². The van der Waals surface area contributed by atoms with Crippen LogP contribution in [0.3, 0.4) is 0 Å². The molecule has 2 aromatic rings. The summed E-state index contributed by atoms with van der Waals surface area (Å²) in [6.45, 7) is 2.85. The maximum absolute atomic E-state index is 12.4. The summed E-state index contributed by atoms with van der Waals surface area (Å²) in [5, 5.41) is 5.00. The number of carbonyl (C=O) groups is 2. The Bertz CT molecular complexity index is 711. The van der Waals surface area contributed by atoms with E-state index >= 15 is 0 Å². The second kappa shape index (κ2) is 6.27. The number of fused-ring (bicyclic) bond motifs is 1. The molecule has 1 N–H and O–H groups in total. The number of amides is 2. The maximum Gasteiger partial charge on any atom is 0.228 e. The standard InChI is InChI=1S/C16H17N3O2S/c1-11(20)17-16-18-14(10-22-16)8-15(21)19-7-6-12-4-2-3-5-13(12)9-19/h2-5,10H,6-9H2,1H3,(H,17,18,20). The molecule has 1 aliphatic heterocycles. The van der Waals surface area contributed by atoms with E-state index in [9.17, 15) is 9.59 Å². The average Bonchev–Trinajstić information content (AvgIpc) is 2.93. The fourth-order valence-electron chi connectivity index (χ4n) is 2.57. The summed E-state index contributed by atoms with van der Waals surface area (Å²) >= 11 is 1.34. The van der Waals surface area contributed by atoms with Crippen molar-refractivity contribution >= 4 is 28.3 Å². The van der Waals surface area contributed by atoms with E-state index in [1.54, 1.807) is 0 Å². The zero-order valence-electron chi connectivity index (χ0n) is 12.3. The first kappa shape index (κ1) is 14.7. The number of hydrogen-bond donors (Lipinski definition) is 1. The average molecular weight is 315 g/mol. The minimum absolute atomic E-state index is 0.0779. The van der Waals surface area contributed by atoms with E-state index in [-0.39, 0.29) is 18.2 Å². The highest BCUT2D eigenvalue weighted by atomic mass is 32.1. The molecule has 1 aliphatic rings. The van der Waals surface area contributed by atoms with E-state index in [0.717, 1.165) is 13.0 Å². The van der Waals surface area contributed by atoms with Crippen LogP contribution in [-0.2, 0) is 29.0 Å². The van der Waals surface area contributed by atoms with Gasteiger partial charge < -0.3 is 10.2 Å². The number of nitrogens with one attached hydrogen (secondary N) is 1. The monoisotopic (exact) mass is 315 g/mol. The lowest BCUT2D eigenvalue weighted by molar-refractivity contribution is -0.131. The zero-order chi connectivity index (χ0) is 15.5. The number of anilines is 1. The third-order valence-electron chi connectivity index (χ3n) is 3.65. The van der Waals surface area contributed by atoms with E-state index in [1.165, 1.54) is 29.4 Å². The number of rotatable bonds is 3. The van der Waals surface area contributed by atoms with Crippen LogP contribution in [0.1, 0.15) is 23.7 Å². The van der Waals surface area contributed by atoms with Crippen LogP contribution in [0.2, 0.25) is 0 Å². The first-order valence-corrected chi connectivity index (χ1v) is 8.06. The Kier molecular flexibility index (Phi) is 4.20. The van der Waals surface area contributed by atoms with Crippen molar-refractivity contribution in [2.75, 3.05) is 11.9 Å². The van der Waals surface area contributed by atoms with Gasteiger partial charge in [-0.25, -0.2) is 4.98 Å². The highest BCUT2D eigenvalue weighted by Gasteiger charge is 2.21. The van der Waals surface area contributed by atoms with E-state index < -0.39 is 0 Å². The van der Waals surface area contributed by atoms with Gasteiger partial charge in [-0.05, 0) is 17.5 Å². The summed E-state index contributed by atoms with van der Waals surface area (Å²) in [7, 11) is 0. The van der Waals surface area contributed by atoms with Crippen LogP contribution < -0.4 is 5.32 Å². The van der Waals surface area contributed by atoms with Crippen molar-refractivity contribution in [3.05, 3.63) is 46.5 Å². The van der Waals surface area contributed by atoms with Crippen LogP contribution in [0, 0.1) is 0 Å². The summed E-state index contributed by atoms with van der Waals surface area (Å²) in [6.07, 6.45) is 1.17. The Morgan fingerprint density at radius 3 is 2.86 bits per heavy atom. The molecule has 0 saturated carbocycles. The van der Waals surface area contributed by atoms with Gasteiger partial charge in [0.2, 0.25) is 11.8 Å². The van der Waals surface area contributed by atoms with Crippen LogP contribution >= 0.6 is 11.3 Å². The van der Waals surface area contributed by atoms with E-state index in [2.05, 4.69) is 22.4 Å². The summed E-state index contributed by atoms with van der Waals surface area (Å²) in [5.41, 5.74) is 3.25. The molecule has 0 bridgehead atoms. The summed E-state index contributed by atoms with van der Waals surface area (Å²) in [6, 6.07) is 8.24. The molecular formula is C16H17N3O2S. The van der Waals surface area contributed by atoms with Gasteiger partial charge in [-0.2, -0.15) is 0 Å². The van der Waals surface area contributed by atoms with Gasteiger partial charge in [-0.3, -0.25) is 9.59 Å². The predicted octanol–water partition coefficient (Wildman–Crippen LogP) is 2.23. The molecule has 6 heteroatoms. The Labute approximate surface area is 133 Å². The Morgan fingerprint density at radius 1 is 1.32 bits per heavy atom. The third-order valence-corrected chi connectivity index (χ3v) is 4.46. The number of aromatic nitrogens is 1. The summed E-state index contributed by atoms with van der Waals surface area (Å²) in [4.78, 5) is 29.5. The predicted molar refractivity (Wildman–Crippen MR) is 85.7 cm³/mol. The van der Waals surface area contributed by atoms with Crippen molar-refractivity contribution in [1.29, 1.82) is 0 Å². The van der Waals surface area contributed by atoms with E-state index in [4.69, 9.17) is 0 Å². The second-order valence-corrected chi connectivity index (χ2v) is 6.19. The number of nitrogens with zero attached hydrogens (tertiary/aromatic N) is 2. The van der Waals surface area contributed by atoms with Gasteiger partial charge in [0.25, 0.3) is 0 Å². The first-order valence-electron chi connectivity index (χ1n) is 7.18. The quantitative estimate of drug-likeness (QED) is 0.945. The highest BCUT2D eigenvalue weighted by molar-refractivity contribution is 7.13. The molecule has 0 saturated heterocycles. The molecule has 114 valence electrons. The molecule has 0 atom stereocenters. The van der Waals surface area contributed by atoms with Crippen LogP contribution in [-0.4, -0.2) is 28.2 Å². The Hall–Kier alpha value is -2.21. The molecule has 1 aromatic heterocycles. The SMILES string of the molecule is CC(=O)Nc1nc(CC(=O)N2CCc3ccccc3C2)cs1. The number of benzene rings is 1. The highest BCUT2D eigenvalue weighted by Crippen LogP contribution is 2.20. The first-order chi connectivity index (χ1) is 10.6.